The van der Waals surface area contributed by atoms with Gasteiger partial charge in [-0.15, -0.1) is 0 Å². The third kappa shape index (κ3) is 5.30. The fourth-order valence-electron chi connectivity index (χ4n) is 1.98. The molecule has 21 heavy (non-hydrogen) atoms. The highest BCUT2D eigenvalue weighted by atomic mass is 79.9. The number of furan rings is 1. The number of nitrogens with one attached hydrogen (secondary N) is 1. The number of benzene rings is 1. The summed E-state index contributed by atoms with van der Waals surface area (Å²) in [4.78, 5) is 0. The monoisotopic (exact) mass is 351 g/mol. The molecule has 2 aromatic rings. The van der Waals surface area contributed by atoms with Crippen LogP contribution in [-0.4, -0.2) is 6.04 Å². The van der Waals surface area contributed by atoms with Gasteiger partial charge in [-0.05, 0) is 30.7 Å². The minimum atomic E-state index is 0.451. The van der Waals surface area contributed by atoms with Crippen molar-refractivity contribution >= 4 is 15.9 Å². The second-order valence-electron chi connectivity index (χ2n) is 5.45. The highest BCUT2D eigenvalue weighted by molar-refractivity contribution is 9.10. The Kier molecular flexibility index (Phi) is 6.03. The lowest BCUT2D eigenvalue weighted by atomic mass is 10.2. The van der Waals surface area contributed by atoms with Crippen molar-refractivity contribution in [2.45, 2.75) is 46.6 Å². The van der Waals surface area contributed by atoms with E-state index < -0.39 is 0 Å². The van der Waals surface area contributed by atoms with Gasteiger partial charge in [-0.3, -0.25) is 0 Å². The van der Waals surface area contributed by atoms with Crippen molar-refractivity contribution in [1.82, 2.24) is 5.32 Å². The number of aryl methyl sites for hydroxylation is 1. The number of rotatable bonds is 7. The number of halogens is 1. The smallest absolute Gasteiger partial charge is 0.118 e. The van der Waals surface area contributed by atoms with Crippen molar-refractivity contribution in [3.63, 3.8) is 0 Å². The number of hydrogen-bond acceptors (Lipinski definition) is 3. The van der Waals surface area contributed by atoms with E-state index in [1.54, 1.807) is 0 Å². The molecule has 1 aromatic heterocycles. The zero-order valence-corrected chi connectivity index (χ0v) is 14.4. The SMILES string of the molecule is Cc1oc(CNC(C)C)cc1COCc1ccc(Br)cc1. The molecular formula is C17H22BrNO2. The molecule has 3 nitrogen and oxygen atoms in total. The third-order valence-corrected chi connectivity index (χ3v) is 3.72. The maximum atomic E-state index is 5.77. The topological polar surface area (TPSA) is 34.4 Å². The van der Waals surface area contributed by atoms with Gasteiger partial charge in [-0.25, -0.2) is 0 Å². The molecule has 0 spiro atoms. The summed E-state index contributed by atoms with van der Waals surface area (Å²) in [5.74, 6) is 1.90. The molecule has 0 aliphatic heterocycles. The zero-order chi connectivity index (χ0) is 15.2. The summed E-state index contributed by atoms with van der Waals surface area (Å²) in [6.07, 6.45) is 0. The van der Waals surface area contributed by atoms with E-state index in [1.807, 2.05) is 19.1 Å². The summed E-state index contributed by atoms with van der Waals surface area (Å²) < 4.78 is 12.6. The van der Waals surface area contributed by atoms with Gasteiger partial charge < -0.3 is 14.5 Å². The Hall–Kier alpha value is -1.10. The quantitative estimate of drug-likeness (QED) is 0.793. The predicted molar refractivity (Wildman–Crippen MR) is 88.1 cm³/mol. The van der Waals surface area contributed by atoms with Gasteiger partial charge in [0.05, 0.1) is 19.8 Å². The molecule has 0 unspecified atom stereocenters. The molecule has 0 saturated heterocycles. The van der Waals surface area contributed by atoms with Crippen molar-refractivity contribution in [2.24, 2.45) is 0 Å². The normalized spacial score (nSPS) is 11.3. The Morgan fingerprint density at radius 3 is 2.57 bits per heavy atom. The maximum absolute atomic E-state index is 5.77. The van der Waals surface area contributed by atoms with E-state index in [9.17, 15) is 0 Å². The van der Waals surface area contributed by atoms with Crippen LogP contribution in [0.3, 0.4) is 0 Å². The van der Waals surface area contributed by atoms with Crippen LogP contribution < -0.4 is 5.32 Å². The summed E-state index contributed by atoms with van der Waals surface area (Å²) in [5.41, 5.74) is 2.29. The zero-order valence-electron chi connectivity index (χ0n) is 12.8. The lowest BCUT2D eigenvalue weighted by Gasteiger charge is -2.04. The van der Waals surface area contributed by atoms with Gasteiger partial charge in [0.2, 0.25) is 0 Å². The first-order chi connectivity index (χ1) is 10.0. The summed E-state index contributed by atoms with van der Waals surface area (Å²) in [7, 11) is 0. The lowest BCUT2D eigenvalue weighted by molar-refractivity contribution is 0.106. The summed E-state index contributed by atoms with van der Waals surface area (Å²) in [6.45, 7) is 8.17. The summed E-state index contributed by atoms with van der Waals surface area (Å²) in [6, 6.07) is 10.7. The summed E-state index contributed by atoms with van der Waals surface area (Å²) in [5, 5.41) is 3.35. The van der Waals surface area contributed by atoms with Crippen LogP contribution in [0.1, 0.15) is 36.5 Å². The molecule has 0 amide bonds. The molecular weight excluding hydrogens is 330 g/mol. The first-order valence-electron chi connectivity index (χ1n) is 7.18. The fraction of sp³-hybridized carbons (Fsp3) is 0.412. The van der Waals surface area contributed by atoms with E-state index >= 15 is 0 Å². The molecule has 0 radical (unpaired) electrons. The van der Waals surface area contributed by atoms with E-state index in [2.05, 4.69) is 53.3 Å². The van der Waals surface area contributed by atoms with E-state index in [1.165, 1.54) is 5.56 Å². The fourth-order valence-corrected chi connectivity index (χ4v) is 2.25. The van der Waals surface area contributed by atoms with Crippen LogP contribution in [0.5, 0.6) is 0 Å². The molecule has 1 heterocycles. The van der Waals surface area contributed by atoms with Gasteiger partial charge >= 0.3 is 0 Å². The van der Waals surface area contributed by atoms with E-state index in [0.717, 1.165) is 28.1 Å². The molecule has 2 rings (SSSR count). The van der Waals surface area contributed by atoms with Crippen LogP contribution in [0.15, 0.2) is 39.2 Å². The molecule has 0 aliphatic rings. The van der Waals surface area contributed by atoms with Crippen molar-refractivity contribution in [1.29, 1.82) is 0 Å². The van der Waals surface area contributed by atoms with E-state index in [4.69, 9.17) is 9.15 Å². The Bertz CT molecular complexity index is 561. The van der Waals surface area contributed by atoms with Gasteiger partial charge in [0.15, 0.2) is 0 Å². The van der Waals surface area contributed by atoms with Crippen molar-refractivity contribution in [3.05, 3.63) is 57.5 Å². The molecule has 0 atom stereocenters. The average Bonchev–Trinajstić information content (AvgIpc) is 2.79. The van der Waals surface area contributed by atoms with Gasteiger partial charge in [-0.1, -0.05) is 41.9 Å². The minimum Gasteiger partial charge on any atom is -0.465 e. The second-order valence-corrected chi connectivity index (χ2v) is 6.36. The van der Waals surface area contributed by atoms with Crippen molar-refractivity contribution in [2.75, 3.05) is 0 Å². The van der Waals surface area contributed by atoms with Crippen LogP contribution in [0, 0.1) is 6.92 Å². The molecule has 1 aromatic carbocycles. The molecule has 0 saturated carbocycles. The van der Waals surface area contributed by atoms with Crippen LogP contribution in [0.25, 0.3) is 0 Å². The van der Waals surface area contributed by atoms with Crippen molar-refractivity contribution < 1.29 is 9.15 Å². The predicted octanol–water partition coefficient (Wildman–Crippen LogP) is 4.57. The molecule has 4 heteroatoms. The Labute approximate surface area is 134 Å². The first-order valence-corrected chi connectivity index (χ1v) is 7.97. The highest BCUT2D eigenvalue weighted by Crippen LogP contribution is 2.17. The van der Waals surface area contributed by atoms with Crippen molar-refractivity contribution in [3.8, 4) is 0 Å². The number of ether oxygens (including phenoxy) is 1. The highest BCUT2D eigenvalue weighted by Gasteiger charge is 2.08. The van der Waals surface area contributed by atoms with E-state index in [0.29, 0.717) is 19.3 Å². The Morgan fingerprint density at radius 2 is 1.90 bits per heavy atom. The Balaban J connectivity index is 1.84. The molecule has 0 bridgehead atoms. The largest absolute Gasteiger partial charge is 0.465 e. The molecule has 0 fully saturated rings. The first kappa shape index (κ1) is 16.3. The third-order valence-electron chi connectivity index (χ3n) is 3.20. The lowest BCUT2D eigenvalue weighted by Crippen LogP contribution is -2.21. The number of hydrogen-bond donors (Lipinski definition) is 1. The van der Waals surface area contributed by atoms with Crippen LogP contribution in [0.2, 0.25) is 0 Å². The molecule has 0 aliphatic carbocycles. The average molecular weight is 352 g/mol. The second kappa shape index (κ2) is 7.78. The van der Waals surface area contributed by atoms with Gasteiger partial charge in [0.1, 0.15) is 11.5 Å². The van der Waals surface area contributed by atoms with E-state index in [-0.39, 0.29) is 0 Å². The van der Waals surface area contributed by atoms with Gasteiger partial charge in [0.25, 0.3) is 0 Å². The summed E-state index contributed by atoms with van der Waals surface area (Å²) >= 11 is 3.43. The minimum absolute atomic E-state index is 0.451. The van der Waals surface area contributed by atoms with Gasteiger partial charge in [-0.2, -0.15) is 0 Å². The maximum Gasteiger partial charge on any atom is 0.118 e. The Morgan fingerprint density at radius 1 is 1.19 bits per heavy atom. The standard InChI is InChI=1S/C17H22BrNO2/c1-12(2)19-9-17-8-15(13(3)21-17)11-20-10-14-4-6-16(18)7-5-14/h4-8,12,19H,9-11H2,1-3H3. The van der Waals surface area contributed by atoms with Crippen LogP contribution in [-0.2, 0) is 24.5 Å². The van der Waals surface area contributed by atoms with Crippen LogP contribution >= 0.6 is 15.9 Å². The molecule has 1 N–H and O–H groups in total. The van der Waals surface area contributed by atoms with Crippen LogP contribution in [0.4, 0.5) is 0 Å². The van der Waals surface area contributed by atoms with Gasteiger partial charge in [0, 0.05) is 16.1 Å². The molecule has 114 valence electrons.